The summed E-state index contributed by atoms with van der Waals surface area (Å²) >= 11 is 2.96. The summed E-state index contributed by atoms with van der Waals surface area (Å²) in [4.78, 5) is -0.119. The predicted molar refractivity (Wildman–Crippen MR) is 82.3 cm³/mol. The van der Waals surface area contributed by atoms with Gasteiger partial charge in [0.05, 0.1) is 10.2 Å². The number of nitrogens with one attached hydrogen (secondary N) is 1. The standard InChI is InChI=1S/C13H20BrFN2O2S/c1-8(13(2,3)4)7-17-20(18,19)12-5-9(14)10(15)6-11(12)16/h5-6,8,17H,7,16H2,1-4H3. The summed E-state index contributed by atoms with van der Waals surface area (Å²) in [7, 11) is -3.76. The highest BCUT2D eigenvalue weighted by Crippen LogP contribution is 2.28. The molecule has 0 radical (unpaired) electrons. The number of benzene rings is 1. The van der Waals surface area contributed by atoms with Crippen molar-refractivity contribution in [2.24, 2.45) is 11.3 Å². The topological polar surface area (TPSA) is 72.2 Å². The van der Waals surface area contributed by atoms with Gasteiger partial charge >= 0.3 is 0 Å². The SMILES string of the molecule is CC(CNS(=O)(=O)c1cc(Br)c(F)cc1N)C(C)(C)C. The Balaban J connectivity index is 2.98. The molecule has 7 heteroatoms. The van der Waals surface area contributed by atoms with Crippen molar-refractivity contribution in [2.75, 3.05) is 12.3 Å². The van der Waals surface area contributed by atoms with E-state index in [0.717, 1.165) is 6.07 Å². The van der Waals surface area contributed by atoms with Crippen LogP contribution in [0.3, 0.4) is 0 Å². The Morgan fingerprint density at radius 3 is 2.45 bits per heavy atom. The van der Waals surface area contributed by atoms with E-state index in [4.69, 9.17) is 5.73 Å². The molecular weight excluding hydrogens is 347 g/mol. The van der Waals surface area contributed by atoms with Gasteiger partial charge in [0, 0.05) is 6.54 Å². The lowest BCUT2D eigenvalue weighted by atomic mass is 9.82. The molecule has 0 amide bonds. The highest BCUT2D eigenvalue weighted by molar-refractivity contribution is 9.10. The number of halogens is 2. The molecule has 0 spiro atoms. The third-order valence-electron chi connectivity index (χ3n) is 3.40. The van der Waals surface area contributed by atoms with Crippen LogP contribution in [0.4, 0.5) is 10.1 Å². The molecule has 1 atom stereocenters. The smallest absolute Gasteiger partial charge is 0.242 e. The maximum absolute atomic E-state index is 13.3. The van der Waals surface area contributed by atoms with Crippen LogP contribution in [-0.4, -0.2) is 15.0 Å². The Bertz CT molecular complexity index is 597. The minimum absolute atomic E-state index is 0.0164. The number of hydrogen-bond donors (Lipinski definition) is 2. The fraction of sp³-hybridized carbons (Fsp3) is 0.538. The number of hydrogen-bond acceptors (Lipinski definition) is 3. The largest absolute Gasteiger partial charge is 0.398 e. The maximum atomic E-state index is 13.3. The third-order valence-corrected chi connectivity index (χ3v) is 5.49. The fourth-order valence-corrected chi connectivity index (χ4v) is 3.16. The zero-order valence-corrected chi connectivity index (χ0v) is 14.4. The first-order chi connectivity index (χ1) is 8.95. The van der Waals surface area contributed by atoms with E-state index in [1.165, 1.54) is 6.07 Å². The van der Waals surface area contributed by atoms with Crippen LogP contribution >= 0.6 is 15.9 Å². The molecule has 0 heterocycles. The van der Waals surface area contributed by atoms with E-state index < -0.39 is 15.8 Å². The van der Waals surface area contributed by atoms with Crippen LogP contribution in [-0.2, 0) is 10.0 Å². The lowest BCUT2D eigenvalue weighted by molar-refractivity contribution is 0.263. The molecular formula is C13H20BrFN2O2S. The molecule has 3 N–H and O–H groups in total. The molecule has 0 saturated carbocycles. The van der Waals surface area contributed by atoms with Crippen molar-refractivity contribution in [3.05, 3.63) is 22.4 Å². The van der Waals surface area contributed by atoms with Gasteiger partial charge in [0.15, 0.2) is 0 Å². The van der Waals surface area contributed by atoms with Gasteiger partial charge in [-0.2, -0.15) is 0 Å². The highest BCUT2D eigenvalue weighted by atomic mass is 79.9. The monoisotopic (exact) mass is 366 g/mol. The molecule has 4 nitrogen and oxygen atoms in total. The molecule has 0 bridgehead atoms. The maximum Gasteiger partial charge on any atom is 0.242 e. The number of nitrogen functional groups attached to an aromatic ring is 1. The summed E-state index contributed by atoms with van der Waals surface area (Å²) in [5.41, 5.74) is 5.46. The van der Waals surface area contributed by atoms with Gasteiger partial charge in [0.1, 0.15) is 10.7 Å². The van der Waals surface area contributed by atoms with Gasteiger partial charge in [-0.15, -0.1) is 0 Å². The third kappa shape index (κ3) is 4.17. The van der Waals surface area contributed by atoms with Crippen LogP contribution in [0.15, 0.2) is 21.5 Å². The molecule has 0 fully saturated rings. The van der Waals surface area contributed by atoms with Crippen molar-refractivity contribution in [2.45, 2.75) is 32.6 Å². The molecule has 0 saturated heterocycles. The number of anilines is 1. The molecule has 0 aliphatic heterocycles. The van der Waals surface area contributed by atoms with Crippen LogP contribution < -0.4 is 10.5 Å². The molecule has 0 aliphatic rings. The van der Waals surface area contributed by atoms with Gasteiger partial charge in [-0.3, -0.25) is 0 Å². The fourth-order valence-electron chi connectivity index (χ4n) is 1.40. The molecule has 1 rings (SSSR count). The first-order valence-corrected chi connectivity index (χ1v) is 8.47. The highest BCUT2D eigenvalue weighted by Gasteiger charge is 2.24. The lowest BCUT2D eigenvalue weighted by Crippen LogP contribution is -2.34. The minimum Gasteiger partial charge on any atom is -0.398 e. The molecule has 114 valence electrons. The summed E-state index contributed by atoms with van der Waals surface area (Å²) in [5.74, 6) is -0.452. The summed E-state index contributed by atoms with van der Waals surface area (Å²) in [5, 5.41) is 0. The lowest BCUT2D eigenvalue weighted by Gasteiger charge is -2.27. The van der Waals surface area contributed by atoms with Crippen LogP contribution in [0.2, 0.25) is 0 Å². The van der Waals surface area contributed by atoms with Crippen molar-refractivity contribution in [1.82, 2.24) is 4.72 Å². The Hall–Kier alpha value is -0.660. The zero-order chi connectivity index (χ0) is 15.7. The van der Waals surface area contributed by atoms with Crippen molar-refractivity contribution in [1.29, 1.82) is 0 Å². The average Bonchev–Trinajstić information content (AvgIpc) is 2.29. The van der Waals surface area contributed by atoms with Crippen LogP contribution in [0, 0.1) is 17.2 Å². The van der Waals surface area contributed by atoms with E-state index in [1.54, 1.807) is 0 Å². The second kappa shape index (κ2) is 5.99. The normalized spacial score (nSPS) is 14.3. The van der Waals surface area contributed by atoms with Gasteiger partial charge in [0.25, 0.3) is 0 Å². The van der Waals surface area contributed by atoms with Gasteiger partial charge in [-0.05, 0) is 39.4 Å². The average molecular weight is 367 g/mol. The molecule has 1 unspecified atom stereocenters. The van der Waals surface area contributed by atoms with E-state index in [-0.39, 0.29) is 26.4 Å². The van der Waals surface area contributed by atoms with Crippen molar-refractivity contribution in [3.8, 4) is 0 Å². The van der Waals surface area contributed by atoms with Crippen molar-refractivity contribution >= 4 is 31.6 Å². The zero-order valence-electron chi connectivity index (χ0n) is 12.0. The van der Waals surface area contributed by atoms with Gasteiger partial charge in [-0.1, -0.05) is 27.7 Å². The van der Waals surface area contributed by atoms with Crippen LogP contribution in [0.5, 0.6) is 0 Å². The number of rotatable bonds is 4. The molecule has 1 aromatic rings. The van der Waals surface area contributed by atoms with Gasteiger partial charge in [0.2, 0.25) is 10.0 Å². The second-order valence-electron chi connectivity index (χ2n) is 5.92. The predicted octanol–water partition coefficient (Wildman–Crippen LogP) is 3.13. The van der Waals surface area contributed by atoms with E-state index in [2.05, 4.69) is 20.7 Å². The minimum atomic E-state index is -3.76. The Kier molecular flexibility index (Phi) is 5.21. The number of sulfonamides is 1. The Labute approximate surface area is 128 Å². The van der Waals surface area contributed by atoms with Crippen molar-refractivity contribution in [3.63, 3.8) is 0 Å². The van der Waals surface area contributed by atoms with E-state index in [9.17, 15) is 12.8 Å². The first-order valence-electron chi connectivity index (χ1n) is 6.19. The number of nitrogens with two attached hydrogens (primary N) is 1. The van der Waals surface area contributed by atoms with Gasteiger partial charge < -0.3 is 5.73 Å². The molecule has 0 aliphatic carbocycles. The van der Waals surface area contributed by atoms with Crippen LogP contribution in [0.1, 0.15) is 27.7 Å². The summed E-state index contributed by atoms with van der Waals surface area (Å²) in [6.45, 7) is 8.37. The van der Waals surface area contributed by atoms with E-state index >= 15 is 0 Å². The van der Waals surface area contributed by atoms with Crippen LogP contribution in [0.25, 0.3) is 0 Å². The summed E-state index contributed by atoms with van der Waals surface area (Å²) in [6, 6.07) is 2.17. The van der Waals surface area contributed by atoms with Crippen molar-refractivity contribution < 1.29 is 12.8 Å². The molecule has 1 aromatic carbocycles. The Morgan fingerprint density at radius 2 is 1.95 bits per heavy atom. The quantitative estimate of drug-likeness (QED) is 0.804. The van der Waals surface area contributed by atoms with E-state index in [0.29, 0.717) is 6.54 Å². The molecule has 20 heavy (non-hydrogen) atoms. The first kappa shape index (κ1) is 17.4. The summed E-state index contributed by atoms with van der Waals surface area (Å²) < 4.78 is 40.3. The molecule has 0 aromatic heterocycles. The second-order valence-corrected chi connectivity index (χ2v) is 8.51. The summed E-state index contributed by atoms with van der Waals surface area (Å²) in [6.07, 6.45) is 0. The Morgan fingerprint density at radius 1 is 1.40 bits per heavy atom. The van der Waals surface area contributed by atoms with Gasteiger partial charge in [-0.25, -0.2) is 17.5 Å². The van der Waals surface area contributed by atoms with E-state index in [1.807, 2.05) is 27.7 Å².